The minimum atomic E-state index is -0.229. The van der Waals surface area contributed by atoms with Gasteiger partial charge in [-0.15, -0.1) is 0 Å². The molecule has 0 amide bonds. The summed E-state index contributed by atoms with van der Waals surface area (Å²) in [7, 11) is 4.28. The standard InChI is InChI=1S/C18H26ClFN2/c1-21(2)12-17-16(13-3-5-14(19)6-4-13)11-15-7-8-18(17)22(15)10-9-20/h3-6,15-18H,7-12H2,1-2H3/t15-,16+,17-,18+/m0/s1. The van der Waals surface area contributed by atoms with Crippen molar-refractivity contribution in [3.05, 3.63) is 34.9 Å². The Morgan fingerprint density at radius 3 is 2.59 bits per heavy atom. The molecule has 0 saturated carbocycles. The number of nitrogens with zero attached hydrogens (tertiary/aromatic N) is 2. The van der Waals surface area contributed by atoms with Crippen LogP contribution in [0.25, 0.3) is 0 Å². The lowest BCUT2D eigenvalue weighted by atomic mass is 9.75. The van der Waals surface area contributed by atoms with Crippen LogP contribution in [-0.2, 0) is 0 Å². The molecule has 4 atom stereocenters. The van der Waals surface area contributed by atoms with E-state index < -0.39 is 0 Å². The summed E-state index contributed by atoms with van der Waals surface area (Å²) >= 11 is 6.05. The molecule has 2 saturated heterocycles. The molecule has 0 aliphatic carbocycles. The van der Waals surface area contributed by atoms with Gasteiger partial charge in [-0.2, -0.15) is 0 Å². The average Bonchev–Trinajstić information content (AvgIpc) is 2.77. The third-order valence-corrected chi connectivity index (χ3v) is 5.70. The summed E-state index contributed by atoms with van der Waals surface area (Å²) in [5.74, 6) is 1.13. The third-order valence-electron chi connectivity index (χ3n) is 5.44. The van der Waals surface area contributed by atoms with Gasteiger partial charge in [0.15, 0.2) is 0 Å². The fraction of sp³-hybridized carbons (Fsp3) is 0.667. The van der Waals surface area contributed by atoms with E-state index in [0.29, 0.717) is 30.5 Å². The first-order valence-corrected chi connectivity index (χ1v) is 8.70. The Balaban J connectivity index is 1.87. The number of fused-ring (bicyclic) bond motifs is 2. The van der Waals surface area contributed by atoms with Gasteiger partial charge in [0.1, 0.15) is 6.67 Å². The summed E-state index contributed by atoms with van der Waals surface area (Å²) in [6.07, 6.45) is 3.59. The van der Waals surface area contributed by atoms with Crippen LogP contribution >= 0.6 is 11.6 Å². The molecule has 122 valence electrons. The first-order chi connectivity index (χ1) is 10.6. The lowest BCUT2D eigenvalue weighted by molar-refractivity contribution is 0.0549. The van der Waals surface area contributed by atoms with E-state index in [-0.39, 0.29) is 6.67 Å². The van der Waals surface area contributed by atoms with Crippen molar-refractivity contribution >= 4 is 11.6 Å². The number of halogens is 2. The average molecular weight is 325 g/mol. The lowest BCUT2D eigenvalue weighted by Gasteiger charge is -2.45. The summed E-state index contributed by atoms with van der Waals surface area (Å²) in [5.41, 5.74) is 1.40. The Labute approximate surface area is 138 Å². The molecule has 0 N–H and O–H groups in total. The van der Waals surface area contributed by atoms with E-state index in [2.05, 4.69) is 36.0 Å². The zero-order valence-electron chi connectivity index (χ0n) is 13.5. The van der Waals surface area contributed by atoms with E-state index in [1.54, 1.807) is 0 Å². The van der Waals surface area contributed by atoms with Crippen molar-refractivity contribution in [3.8, 4) is 0 Å². The van der Waals surface area contributed by atoms with Gasteiger partial charge in [0.2, 0.25) is 0 Å². The normalized spacial score (nSPS) is 31.9. The molecular weight excluding hydrogens is 299 g/mol. The second-order valence-corrected chi connectivity index (χ2v) is 7.48. The molecule has 2 fully saturated rings. The Morgan fingerprint density at radius 1 is 1.23 bits per heavy atom. The largest absolute Gasteiger partial charge is 0.309 e. The molecule has 3 rings (SSSR count). The Hall–Kier alpha value is -0.640. The van der Waals surface area contributed by atoms with Crippen molar-refractivity contribution in [2.75, 3.05) is 33.9 Å². The van der Waals surface area contributed by atoms with E-state index in [9.17, 15) is 4.39 Å². The van der Waals surface area contributed by atoms with Gasteiger partial charge >= 0.3 is 0 Å². The first kappa shape index (κ1) is 16.2. The molecule has 1 aromatic carbocycles. The monoisotopic (exact) mass is 324 g/mol. The van der Waals surface area contributed by atoms with Crippen molar-refractivity contribution < 1.29 is 4.39 Å². The van der Waals surface area contributed by atoms with Crippen LogP contribution in [0.15, 0.2) is 24.3 Å². The molecule has 2 aliphatic rings. The zero-order valence-corrected chi connectivity index (χ0v) is 14.3. The number of alkyl halides is 1. The Morgan fingerprint density at radius 2 is 1.95 bits per heavy atom. The summed E-state index contributed by atoms with van der Waals surface area (Å²) < 4.78 is 12.9. The van der Waals surface area contributed by atoms with Gasteiger partial charge in [-0.1, -0.05) is 23.7 Å². The number of rotatable bonds is 5. The van der Waals surface area contributed by atoms with Crippen LogP contribution in [0.4, 0.5) is 4.39 Å². The van der Waals surface area contributed by atoms with Crippen molar-refractivity contribution in [1.82, 2.24) is 9.80 Å². The highest BCUT2D eigenvalue weighted by molar-refractivity contribution is 6.30. The minimum absolute atomic E-state index is 0.229. The van der Waals surface area contributed by atoms with Crippen LogP contribution < -0.4 is 0 Å². The molecule has 0 radical (unpaired) electrons. The molecule has 4 heteroatoms. The van der Waals surface area contributed by atoms with Crippen LogP contribution in [0.1, 0.15) is 30.7 Å². The maximum atomic E-state index is 12.9. The number of benzene rings is 1. The number of piperidine rings is 1. The van der Waals surface area contributed by atoms with E-state index in [4.69, 9.17) is 11.6 Å². The van der Waals surface area contributed by atoms with Crippen molar-refractivity contribution in [2.45, 2.75) is 37.3 Å². The van der Waals surface area contributed by atoms with Gasteiger partial charge in [-0.05, 0) is 62.9 Å². The van der Waals surface area contributed by atoms with Crippen molar-refractivity contribution in [1.29, 1.82) is 0 Å². The van der Waals surface area contributed by atoms with Gasteiger partial charge < -0.3 is 4.90 Å². The minimum Gasteiger partial charge on any atom is -0.309 e. The molecule has 0 aromatic heterocycles. The smallest absolute Gasteiger partial charge is 0.102 e. The SMILES string of the molecule is CN(C)C[C@H]1[C@@H](c2ccc(Cl)cc2)C[C@@H]2CC[C@H]1N2CCF. The van der Waals surface area contributed by atoms with Gasteiger partial charge in [-0.3, -0.25) is 4.90 Å². The fourth-order valence-corrected chi connectivity index (χ4v) is 4.75. The van der Waals surface area contributed by atoms with Crippen molar-refractivity contribution in [2.24, 2.45) is 5.92 Å². The molecule has 0 spiro atoms. The molecule has 2 bridgehead atoms. The van der Waals surface area contributed by atoms with E-state index in [1.807, 2.05) is 12.1 Å². The number of hydrogen-bond acceptors (Lipinski definition) is 2. The van der Waals surface area contributed by atoms with E-state index in [1.165, 1.54) is 18.4 Å². The van der Waals surface area contributed by atoms with Gasteiger partial charge in [0, 0.05) is 30.2 Å². The maximum absolute atomic E-state index is 12.9. The summed E-state index contributed by atoms with van der Waals surface area (Å²) in [6.45, 7) is 1.44. The second-order valence-electron chi connectivity index (χ2n) is 7.05. The van der Waals surface area contributed by atoms with Crippen LogP contribution in [0.2, 0.25) is 5.02 Å². The molecular formula is C18H26ClFN2. The zero-order chi connectivity index (χ0) is 15.7. The molecule has 1 aromatic rings. The van der Waals surface area contributed by atoms with Crippen LogP contribution in [0, 0.1) is 5.92 Å². The van der Waals surface area contributed by atoms with E-state index in [0.717, 1.165) is 18.0 Å². The lowest BCUT2D eigenvalue weighted by Crippen LogP contribution is -2.51. The Kier molecular flexibility index (Phi) is 5.06. The van der Waals surface area contributed by atoms with E-state index >= 15 is 0 Å². The predicted molar refractivity (Wildman–Crippen MR) is 90.3 cm³/mol. The highest BCUT2D eigenvalue weighted by Gasteiger charge is 2.47. The summed E-state index contributed by atoms with van der Waals surface area (Å²) in [5, 5.41) is 0.797. The van der Waals surface area contributed by atoms with Crippen LogP contribution in [0.5, 0.6) is 0 Å². The summed E-state index contributed by atoms with van der Waals surface area (Å²) in [4.78, 5) is 4.72. The Bertz CT molecular complexity index is 490. The van der Waals surface area contributed by atoms with Crippen LogP contribution in [0.3, 0.4) is 0 Å². The van der Waals surface area contributed by atoms with Crippen molar-refractivity contribution in [3.63, 3.8) is 0 Å². The second kappa shape index (κ2) is 6.86. The third kappa shape index (κ3) is 3.17. The molecule has 22 heavy (non-hydrogen) atoms. The highest BCUT2D eigenvalue weighted by Crippen LogP contribution is 2.47. The topological polar surface area (TPSA) is 6.48 Å². The van der Waals surface area contributed by atoms with Gasteiger partial charge in [-0.25, -0.2) is 4.39 Å². The predicted octanol–water partition coefficient (Wildman–Crippen LogP) is 3.81. The molecule has 2 heterocycles. The maximum Gasteiger partial charge on any atom is 0.102 e. The van der Waals surface area contributed by atoms with Crippen LogP contribution in [-0.4, -0.2) is 55.7 Å². The highest BCUT2D eigenvalue weighted by atomic mass is 35.5. The molecule has 2 aliphatic heterocycles. The molecule has 0 unspecified atom stereocenters. The summed E-state index contributed by atoms with van der Waals surface area (Å²) in [6, 6.07) is 9.44. The first-order valence-electron chi connectivity index (χ1n) is 8.32. The van der Waals surface area contributed by atoms with Gasteiger partial charge in [0.05, 0.1) is 0 Å². The fourth-order valence-electron chi connectivity index (χ4n) is 4.62. The van der Waals surface area contributed by atoms with Gasteiger partial charge in [0.25, 0.3) is 0 Å². The molecule has 2 nitrogen and oxygen atoms in total. The quantitative estimate of drug-likeness (QED) is 0.812. The number of hydrogen-bond donors (Lipinski definition) is 0.